The third kappa shape index (κ3) is 3.34. The molecule has 0 radical (unpaired) electrons. The molecule has 1 atom stereocenters. The van der Waals surface area contributed by atoms with Crippen LogP contribution in [-0.4, -0.2) is 17.5 Å². The highest BCUT2D eigenvalue weighted by molar-refractivity contribution is 7.12. The van der Waals surface area contributed by atoms with Crippen molar-refractivity contribution in [2.24, 2.45) is 5.73 Å². The van der Waals surface area contributed by atoms with Gasteiger partial charge in [0.25, 0.3) is 0 Å². The van der Waals surface area contributed by atoms with E-state index >= 15 is 0 Å². The minimum Gasteiger partial charge on any atom is -0.326 e. The smallest absolute Gasteiger partial charge is 0.0274 e. The Morgan fingerprint density at radius 1 is 1.39 bits per heavy atom. The first-order valence-electron chi connectivity index (χ1n) is 7.27. The van der Waals surface area contributed by atoms with Gasteiger partial charge in [0, 0.05) is 28.9 Å². The highest BCUT2D eigenvalue weighted by Crippen LogP contribution is 2.26. The SMILES string of the molecule is CCC1CCCCCN1Cc1cc(CN)sc1C. The van der Waals surface area contributed by atoms with Crippen LogP contribution in [0.3, 0.4) is 0 Å². The van der Waals surface area contributed by atoms with Gasteiger partial charge in [-0.3, -0.25) is 4.90 Å². The lowest BCUT2D eigenvalue weighted by atomic mass is 10.1. The summed E-state index contributed by atoms with van der Waals surface area (Å²) in [4.78, 5) is 5.47. The van der Waals surface area contributed by atoms with Gasteiger partial charge in [0.05, 0.1) is 0 Å². The second kappa shape index (κ2) is 6.69. The third-order valence-corrected chi connectivity index (χ3v) is 5.23. The van der Waals surface area contributed by atoms with E-state index in [-0.39, 0.29) is 0 Å². The van der Waals surface area contributed by atoms with Crippen LogP contribution in [0.2, 0.25) is 0 Å². The average molecular weight is 266 g/mol. The van der Waals surface area contributed by atoms with E-state index in [4.69, 9.17) is 5.73 Å². The van der Waals surface area contributed by atoms with Crippen molar-refractivity contribution in [2.75, 3.05) is 6.54 Å². The van der Waals surface area contributed by atoms with E-state index in [1.54, 1.807) is 0 Å². The van der Waals surface area contributed by atoms with Gasteiger partial charge in [0.1, 0.15) is 0 Å². The first-order valence-corrected chi connectivity index (χ1v) is 8.08. The predicted octanol–water partition coefficient (Wildman–Crippen LogP) is 3.67. The molecule has 0 spiro atoms. The molecule has 0 amide bonds. The van der Waals surface area contributed by atoms with Crippen molar-refractivity contribution < 1.29 is 0 Å². The standard InChI is InChI=1S/C15H26N2S/c1-3-14-7-5-4-6-8-17(14)11-13-9-15(10-16)18-12(13)2/h9,14H,3-8,10-11,16H2,1-2H3. The lowest BCUT2D eigenvalue weighted by molar-refractivity contribution is 0.186. The average Bonchev–Trinajstić information content (AvgIpc) is 2.60. The van der Waals surface area contributed by atoms with E-state index in [2.05, 4.69) is 24.8 Å². The number of nitrogens with two attached hydrogens (primary N) is 1. The van der Waals surface area contributed by atoms with Crippen LogP contribution in [0.25, 0.3) is 0 Å². The summed E-state index contributed by atoms with van der Waals surface area (Å²) in [6.45, 7) is 7.64. The normalized spacial score (nSPS) is 22.1. The molecule has 0 aromatic carbocycles. The molecule has 1 aliphatic heterocycles. The molecule has 1 aliphatic rings. The Morgan fingerprint density at radius 3 is 2.89 bits per heavy atom. The number of hydrogen-bond donors (Lipinski definition) is 1. The fourth-order valence-electron chi connectivity index (χ4n) is 2.97. The third-order valence-electron chi connectivity index (χ3n) is 4.12. The highest BCUT2D eigenvalue weighted by atomic mass is 32.1. The molecule has 1 saturated heterocycles. The number of hydrogen-bond acceptors (Lipinski definition) is 3. The minimum atomic E-state index is 0.683. The van der Waals surface area contributed by atoms with E-state index in [1.165, 1.54) is 54.0 Å². The summed E-state index contributed by atoms with van der Waals surface area (Å²) in [6.07, 6.45) is 6.84. The van der Waals surface area contributed by atoms with Gasteiger partial charge in [-0.25, -0.2) is 0 Å². The predicted molar refractivity (Wildman–Crippen MR) is 79.9 cm³/mol. The van der Waals surface area contributed by atoms with Crippen LogP contribution in [0.5, 0.6) is 0 Å². The molecule has 2 heterocycles. The first-order chi connectivity index (χ1) is 8.74. The molecule has 102 valence electrons. The summed E-state index contributed by atoms with van der Waals surface area (Å²) in [5, 5.41) is 0. The Labute approximate surface area is 115 Å². The van der Waals surface area contributed by atoms with Crippen molar-refractivity contribution in [3.63, 3.8) is 0 Å². The first kappa shape index (κ1) is 14.0. The van der Waals surface area contributed by atoms with Crippen LogP contribution in [0, 0.1) is 6.92 Å². The zero-order valence-electron chi connectivity index (χ0n) is 11.7. The van der Waals surface area contributed by atoms with Gasteiger partial charge in [0.15, 0.2) is 0 Å². The lowest BCUT2D eigenvalue weighted by Gasteiger charge is -2.29. The van der Waals surface area contributed by atoms with E-state index in [0.29, 0.717) is 6.54 Å². The molecule has 0 bridgehead atoms. The van der Waals surface area contributed by atoms with Gasteiger partial charge in [-0.2, -0.15) is 0 Å². The van der Waals surface area contributed by atoms with E-state index < -0.39 is 0 Å². The lowest BCUT2D eigenvalue weighted by Crippen LogP contribution is -2.33. The second-order valence-electron chi connectivity index (χ2n) is 5.38. The Balaban J connectivity index is 2.07. The van der Waals surface area contributed by atoms with E-state index in [0.717, 1.165) is 12.6 Å². The second-order valence-corrected chi connectivity index (χ2v) is 6.72. The zero-order chi connectivity index (χ0) is 13.0. The summed E-state index contributed by atoms with van der Waals surface area (Å²) >= 11 is 1.87. The van der Waals surface area contributed by atoms with E-state index in [9.17, 15) is 0 Å². The van der Waals surface area contributed by atoms with Crippen LogP contribution in [0.4, 0.5) is 0 Å². The van der Waals surface area contributed by atoms with Gasteiger partial charge in [-0.15, -0.1) is 11.3 Å². The summed E-state index contributed by atoms with van der Waals surface area (Å²) in [6, 6.07) is 3.10. The largest absolute Gasteiger partial charge is 0.326 e. The Bertz CT molecular complexity index is 373. The van der Waals surface area contributed by atoms with Gasteiger partial charge >= 0.3 is 0 Å². The molecule has 18 heavy (non-hydrogen) atoms. The monoisotopic (exact) mass is 266 g/mol. The van der Waals surface area contributed by atoms with Crippen molar-refractivity contribution in [3.05, 3.63) is 21.4 Å². The van der Waals surface area contributed by atoms with Crippen molar-refractivity contribution in [1.82, 2.24) is 4.90 Å². The molecule has 1 fully saturated rings. The number of nitrogens with zero attached hydrogens (tertiary/aromatic N) is 1. The Kier molecular flexibility index (Phi) is 5.22. The van der Waals surface area contributed by atoms with Crippen molar-refractivity contribution in [3.8, 4) is 0 Å². The molecule has 1 aromatic rings. The zero-order valence-corrected chi connectivity index (χ0v) is 12.6. The summed E-state index contributed by atoms with van der Waals surface area (Å²) in [7, 11) is 0. The van der Waals surface area contributed by atoms with Gasteiger partial charge < -0.3 is 5.73 Å². The number of aryl methyl sites for hydroxylation is 1. The van der Waals surface area contributed by atoms with Crippen LogP contribution in [-0.2, 0) is 13.1 Å². The molecule has 0 aliphatic carbocycles. The van der Waals surface area contributed by atoms with Gasteiger partial charge in [-0.05, 0) is 44.4 Å². The van der Waals surface area contributed by atoms with Crippen LogP contribution in [0.1, 0.15) is 54.3 Å². The highest BCUT2D eigenvalue weighted by Gasteiger charge is 2.20. The molecular weight excluding hydrogens is 240 g/mol. The maximum atomic E-state index is 5.74. The Hall–Kier alpha value is -0.380. The number of rotatable bonds is 4. The fraction of sp³-hybridized carbons (Fsp3) is 0.733. The van der Waals surface area contributed by atoms with Crippen LogP contribution in [0.15, 0.2) is 6.07 Å². The summed E-state index contributed by atoms with van der Waals surface area (Å²) in [5.41, 5.74) is 7.24. The molecule has 1 unspecified atom stereocenters. The van der Waals surface area contributed by atoms with Crippen LogP contribution < -0.4 is 5.73 Å². The molecule has 2 nitrogen and oxygen atoms in total. The van der Waals surface area contributed by atoms with Crippen molar-refractivity contribution >= 4 is 11.3 Å². The van der Waals surface area contributed by atoms with E-state index in [1.807, 2.05) is 11.3 Å². The maximum Gasteiger partial charge on any atom is 0.0274 e. The number of thiophene rings is 1. The number of likely N-dealkylation sites (tertiary alicyclic amines) is 1. The Morgan fingerprint density at radius 2 is 2.22 bits per heavy atom. The molecule has 2 N–H and O–H groups in total. The molecule has 3 heteroatoms. The molecule has 1 aromatic heterocycles. The van der Waals surface area contributed by atoms with Crippen molar-refractivity contribution in [2.45, 2.75) is 65.1 Å². The quantitative estimate of drug-likeness (QED) is 0.901. The van der Waals surface area contributed by atoms with Gasteiger partial charge in [0.2, 0.25) is 0 Å². The van der Waals surface area contributed by atoms with Gasteiger partial charge in [-0.1, -0.05) is 19.8 Å². The van der Waals surface area contributed by atoms with Crippen LogP contribution >= 0.6 is 11.3 Å². The molecular formula is C15H26N2S. The molecule has 0 saturated carbocycles. The van der Waals surface area contributed by atoms with Crippen molar-refractivity contribution in [1.29, 1.82) is 0 Å². The minimum absolute atomic E-state index is 0.683. The molecule has 2 rings (SSSR count). The summed E-state index contributed by atoms with van der Waals surface area (Å²) < 4.78 is 0. The summed E-state index contributed by atoms with van der Waals surface area (Å²) in [5.74, 6) is 0. The maximum absolute atomic E-state index is 5.74. The fourth-order valence-corrected chi connectivity index (χ4v) is 3.90. The topological polar surface area (TPSA) is 29.3 Å².